The number of anilines is 1. The summed E-state index contributed by atoms with van der Waals surface area (Å²) in [6.07, 6.45) is 0.213. The number of rotatable bonds is 3. The number of hydrogen-bond donors (Lipinski definition) is 0. The molecule has 1 atom stereocenters. The number of nitrogens with zero attached hydrogens (tertiary/aromatic N) is 3. The summed E-state index contributed by atoms with van der Waals surface area (Å²) >= 11 is 1.46. The van der Waals surface area contributed by atoms with Crippen LogP contribution in [0.2, 0.25) is 0 Å². The third kappa shape index (κ3) is 3.20. The highest BCUT2D eigenvalue weighted by Crippen LogP contribution is 2.45. The number of para-hydroxylation sites is 1. The van der Waals surface area contributed by atoms with Crippen molar-refractivity contribution in [3.05, 3.63) is 70.5 Å². The Hall–Kier alpha value is -2.98. The molecule has 0 saturated carbocycles. The number of ether oxygens (including phenoxy) is 1. The Labute approximate surface area is 167 Å². The van der Waals surface area contributed by atoms with Gasteiger partial charge in [0.15, 0.2) is 0 Å². The molecule has 142 valence electrons. The molecule has 2 aliphatic heterocycles. The molecule has 4 rings (SSSR count). The van der Waals surface area contributed by atoms with E-state index in [9.17, 15) is 14.4 Å². The average molecular weight is 395 g/mol. The smallest absolute Gasteiger partial charge is 0.229 e. The lowest BCUT2D eigenvalue weighted by molar-refractivity contribution is -0.129. The fraction of sp³-hybridized carbons (Fsp3) is 0.238. The Morgan fingerprint density at radius 2 is 1.96 bits per heavy atom. The number of halogens is 1. The number of allylic oxidation sites excluding steroid dienone is 1. The first-order chi connectivity index (χ1) is 13.6. The van der Waals surface area contributed by atoms with Crippen LogP contribution in [0.3, 0.4) is 0 Å². The molecule has 2 heterocycles. The number of hydrogen-bond acceptors (Lipinski definition) is 5. The van der Waals surface area contributed by atoms with E-state index >= 15 is 0 Å². The van der Waals surface area contributed by atoms with Gasteiger partial charge in [0.25, 0.3) is 0 Å². The van der Waals surface area contributed by atoms with Gasteiger partial charge in [0.05, 0.1) is 36.3 Å². The monoisotopic (exact) mass is 395 g/mol. The van der Waals surface area contributed by atoms with Crippen LogP contribution in [0.4, 0.5) is 10.1 Å². The maximum atomic E-state index is 13.2. The maximum Gasteiger partial charge on any atom is 0.229 e. The minimum Gasteiger partial charge on any atom is -0.496 e. The first-order valence-corrected chi connectivity index (χ1v) is 9.81. The van der Waals surface area contributed by atoms with Crippen molar-refractivity contribution in [3.63, 3.8) is 0 Å². The van der Waals surface area contributed by atoms with Gasteiger partial charge < -0.3 is 9.64 Å². The summed E-state index contributed by atoms with van der Waals surface area (Å²) in [7, 11) is 1.59. The number of carbonyl (C=O) groups excluding carboxylic acids is 1. The zero-order valence-electron chi connectivity index (χ0n) is 15.3. The topological polar surface area (TPSA) is 56.6 Å². The third-order valence-electron chi connectivity index (χ3n) is 5.00. The third-order valence-corrected chi connectivity index (χ3v) is 6.15. The molecule has 1 amide bonds. The van der Waals surface area contributed by atoms with E-state index in [4.69, 9.17) is 4.74 Å². The van der Waals surface area contributed by atoms with Gasteiger partial charge >= 0.3 is 0 Å². The molecule has 2 aliphatic rings. The Morgan fingerprint density at radius 3 is 2.68 bits per heavy atom. The molecule has 1 unspecified atom stereocenters. The molecule has 1 fully saturated rings. The van der Waals surface area contributed by atoms with E-state index < -0.39 is 0 Å². The van der Waals surface area contributed by atoms with Crippen LogP contribution in [-0.4, -0.2) is 30.5 Å². The molecule has 0 aliphatic carbocycles. The van der Waals surface area contributed by atoms with Crippen molar-refractivity contribution < 1.29 is 13.9 Å². The van der Waals surface area contributed by atoms with Gasteiger partial charge in [0, 0.05) is 23.6 Å². The summed E-state index contributed by atoms with van der Waals surface area (Å²) in [5, 5.41) is 10.6. The highest BCUT2D eigenvalue weighted by molar-refractivity contribution is 8.03. The molecular formula is C21H18FN3O2S. The first kappa shape index (κ1) is 18.4. The van der Waals surface area contributed by atoms with Crippen molar-refractivity contribution in [2.75, 3.05) is 24.6 Å². The van der Waals surface area contributed by atoms with Gasteiger partial charge in [0.2, 0.25) is 5.91 Å². The molecule has 7 heteroatoms. The second kappa shape index (κ2) is 7.56. The Kier molecular flexibility index (Phi) is 4.97. The van der Waals surface area contributed by atoms with Crippen molar-refractivity contribution in [2.45, 2.75) is 12.3 Å². The van der Waals surface area contributed by atoms with Crippen LogP contribution in [0.25, 0.3) is 0 Å². The second-order valence-electron chi connectivity index (χ2n) is 6.58. The van der Waals surface area contributed by atoms with Crippen LogP contribution in [0.15, 0.2) is 59.1 Å². The highest BCUT2D eigenvalue weighted by atomic mass is 32.2. The fourth-order valence-corrected chi connectivity index (χ4v) is 4.77. The van der Waals surface area contributed by atoms with E-state index in [1.807, 2.05) is 29.2 Å². The summed E-state index contributed by atoms with van der Waals surface area (Å²) in [4.78, 5) is 16.6. The number of nitriles is 1. The predicted molar refractivity (Wildman–Crippen MR) is 106 cm³/mol. The van der Waals surface area contributed by atoms with Crippen LogP contribution in [0, 0.1) is 17.1 Å². The molecule has 0 radical (unpaired) electrons. The summed E-state index contributed by atoms with van der Waals surface area (Å²) in [5.74, 6) is 0.605. The van der Waals surface area contributed by atoms with Crippen molar-refractivity contribution in [1.29, 1.82) is 5.26 Å². The number of methoxy groups -OCH3 is 1. The minimum absolute atomic E-state index is 0.0378. The van der Waals surface area contributed by atoms with E-state index in [1.165, 1.54) is 23.9 Å². The van der Waals surface area contributed by atoms with E-state index in [1.54, 1.807) is 24.1 Å². The lowest BCUT2D eigenvalue weighted by Gasteiger charge is -2.42. The molecular weight excluding hydrogens is 377 g/mol. The molecule has 0 aromatic heterocycles. The molecule has 2 aromatic carbocycles. The molecule has 1 saturated heterocycles. The van der Waals surface area contributed by atoms with Crippen LogP contribution in [-0.2, 0) is 4.79 Å². The van der Waals surface area contributed by atoms with Gasteiger partial charge in [-0.05, 0) is 30.3 Å². The summed E-state index contributed by atoms with van der Waals surface area (Å²) in [6.45, 7) is 0.344. The minimum atomic E-state index is -0.315. The largest absolute Gasteiger partial charge is 0.496 e. The Morgan fingerprint density at radius 1 is 1.21 bits per heavy atom. The van der Waals surface area contributed by atoms with Gasteiger partial charge in [-0.25, -0.2) is 4.39 Å². The van der Waals surface area contributed by atoms with Gasteiger partial charge in [-0.1, -0.05) is 30.0 Å². The number of fused-ring (bicyclic) bond motifs is 1. The molecule has 5 nitrogen and oxygen atoms in total. The van der Waals surface area contributed by atoms with Crippen molar-refractivity contribution in [2.24, 2.45) is 0 Å². The van der Waals surface area contributed by atoms with Crippen LogP contribution < -0.4 is 9.64 Å². The van der Waals surface area contributed by atoms with E-state index in [-0.39, 0.29) is 24.1 Å². The Balaban J connectivity index is 1.68. The highest BCUT2D eigenvalue weighted by Gasteiger charge is 2.39. The van der Waals surface area contributed by atoms with E-state index in [0.29, 0.717) is 28.9 Å². The summed E-state index contributed by atoms with van der Waals surface area (Å²) in [5.41, 5.74) is 2.28. The lowest BCUT2D eigenvalue weighted by Crippen LogP contribution is -2.47. The molecule has 28 heavy (non-hydrogen) atoms. The number of thioether (sulfide) groups is 1. The van der Waals surface area contributed by atoms with Gasteiger partial charge in [-0.2, -0.15) is 5.26 Å². The summed E-state index contributed by atoms with van der Waals surface area (Å²) < 4.78 is 18.7. The van der Waals surface area contributed by atoms with Crippen LogP contribution in [0.1, 0.15) is 17.9 Å². The van der Waals surface area contributed by atoms with Gasteiger partial charge in [-0.15, -0.1) is 0 Å². The number of carbonyl (C=O) groups is 1. The second-order valence-corrected chi connectivity index (χ2v) is 7.52. The predicted octanol–water partition coefficient (Wildman–Crippen LogP) is 4.05. The SMILES string of the molecule is COc1ccccc1C1CC(=O)N2CN(c3ccc(F)cc3)CSC2=C1C#N. The quantitative estimate of drug-likeness (QED) is 0.785. The lowest BCUT2D eigenvalue weighted by atomic mass is 9.86. The standard InChI is InChI=1S/C21H18FN3O2S/c1-27-19-5-3-2-4-16(19)17-10-20(26)25-12-24(13-28-21(25)18(17)11-23)15-8-6-14(22)7-9-15/h2-9,17H,10,12-13H2,1H3. The number of benzene rings is 2. The van der Waals surface area contributed by atoms with E-state index in [2.05, 4.69) is 6.07 Å². The fourth-order valence-electron chi connectivity index (χ4n) is 3.60. The maximum absolute atomic E-state index is 13.2. The zero-order valence-corrected chi connectivity index (χ0v) is 16.1. The first-order valence-electron chi connectivity index (χ1n) is 8.83. The molecule has 0 bridgehead atoms. The van der Waals surface area contributed by atoms with Gasteiger partial charge in [0.1, 0.15) is 11.6 Å². The van der Waals surface area contributed by atoms with Crippen LogP contribution >= 0.6 is 11.8 Å². The molecule has 0 spiro atoms. The van der Waals surface area contributed by atoms with E-state index in [0.717, 1.165) is 11.3 Å². The normalized spacial score (nSPS) is 19.3. The summed E-state index contributed by atoms with van der Waals surface area (Å²) in [6, 6.07) is 16.0. The van der Waals surface area contributed by atoms with Crippen molar-refractivity contribution in [3.8, 4) is 11.8 Å². The van der Waals surface area contributed by atoms with Crippen LogP contribution in [0.5, 0.6) is 5.75 Å². The molecule has 0 N–H and O–H groups in total. The zero-order chi connectivity index (χ0) is 19.7. The molecule has 2 aromatic rings. The van der Waals surface area contributed by atoms with Crippen molar-refractivity contribution in [1.82, 2.24) is 4.90 Å². The van der Waals surface area contributed by atoms with Crippen molar-refractivity contribution >= 4 is 23.4 Å². The van der Waals surface area contributed by atoms with Gasteiger partial charge in [-0.3, -0.25) is 9.69 Å². The Bertz CT molecular complexity index is 984. The average Bonchev–Trinajstić information content (AvgIpc) is 2.74. The number of amides is 1.